The van der Waals surface area contributed by atoms with Gasteiger partial charge in [0.25, 0.3) is 0 Å². The van der Waals surface area contributed by atoms with Crippen molar-refractivity contribution >= 4 is 23.4 Å². The van der Waals surface area contributed by atoms with E-state index in [9.17, 15) is 0 Å². The molecule has 0 bridgehead atoms. The number of rotatable bonds is 6. The molecular weight excluding hydrogens is 366 g/mol. The summed E-state index contributed by atoms with van der Waals surface area (Å²) < 4.78 is 2.07. The highest BCUT2D eigenvalue weighted by molar-refractivity contribution is 7.99. The average molecular weight is 394 g/mol. The molecule has 6 heteroatoms. The first-order valence-electron chi connectivity index (χ1n) is 9.88. The molecule has 3 heterocycles. The Morgan fingerprint density at radius 3 is 2.89 bits per heavy atom. The third-order valence-electron chi connectivity index (χ3n) is 5.10. The Balaban J connectivity index is 1.24. The van der Waals surface area contributed by atoms with Crippen LogP contribution >= 0.6 is 11.8 Å². The minimum Gasteiger partial charge on any atom is -0.356 e. The van der Waals surface area contributed by atoms with Crippen LogP contribution in [0.15, 0.2) is 70.8 Å². The maximum Gasteiger partial charge on any atom is 0.193 e. The van der Waals surface area contributed by atoms with Crippen LogP contribution in [0.25, 0.3) is 5.65 Å². The van der Waals surface area contributed by atoms with E-state index < -0.39 is 0 Å². The fourth-order valence-corrected chi connectivity index (χ4v) is 4.68. The van der Waals surface area contributed by atoms with Crippen LogP contribution in [0.5, 0.6) is 0 Å². The molecule has 2 aromatic heterocycles. The zero-order valence-electron chi connectivity index (χ0n) is 16.3. The molecule has 1 atom stereocenters. The molecular formula is C22H27N5S. The van der Waals surface area contributed by atoms with Crippen LogP contribution in [-0.4, -0.2) is 52.7 Å². The Hall–Kier alpha value is -2.47. The summed E-state index contributed by atoms with van der Waals surface area (Å²) in [4.78, 5) is 12.9. The van der Waals surface area contributed by atoms with Gasteiger partial charge < -0.3 is 14.6 Å². The highest BCUT2D eigenvalue weighted by atomic mass is 32.2. The molecule has 5 nitrogen and oxygen atoms in total. The zero-order chi connectivity index (χ0) is 19.2. The van der Waals surface area contributed by atoms with Crippen LogP contribution in [0.2, 0.25) is 0 Å². The van der Waals surface area contributed by atoms with Gasteiger partial charge in [-0.25, -0.2) is 4.98 Å². The SMILES string of the molecule is CN=C(NCCc1cn2ccccc2n1)N1CCC(CSc2ccccc2)C1. The fraction of sp³-hybridized carbons (Fsp3) is 0.364. The van der Waals surface area contributed by atoms with E-state index in [1.807, 2.05) is 43.2 Å². The molecule has 1 unspecified atom stereocenters. The van der Waals surface area contributed by atoms with Crippen LogP contribution in [-0.2, 0) is 6.42 Å². The van der Waals surface area contributed by atoms with Crippen molar-refractivity contribution in [1.82, 2.24) is 19.6 Å². The summed E-state index contributed by atoms with van der Waals surface area (Å²) in [7, 11) is 1.87. The molecule has 0 radical (unpaired) electrons. The Kier molecular flexibility index (Phi) is 6.17. The van der Waals surface area contributed by atoms with Gasteiger partial charge in [-0.05, 0) is 36.6 Å². The molecule has 1 aliphatic rings. The summed E-state index contributed by atoms with van der Waals surface area (Å²) in [5.74, 6) is 2.89. The average Bonchev–Trinajstić information content (AvgIpc) is 3.37. The van der Waals surface area contributed by atoms with Gasteiger partial charge in [-0.1, -0.05) is 24.3 Å². The second-order valence-electron chi connectivity index (χ2n) is 7.15. The molecule has 1 N–H and O–H groups in total. The number of fused-ring (bicyclic) bond motifs is 1. The van der Waals surface area contributed by atoms with Crippen LogP contribution in [0.3, 0.4) is 0 Å². The number of thioether (sulfide) groups is 1. The zero-order valence-corrected chi connectivity index (χ0v) is 17.1. The Morgan fingerprint density at radius 2 is 2.07 bits per heavy atom. The van der Waals surface area contributed by atoms with Crippen molar-refractivity contribution in [3.8, 4) is 0 Å². The number of aromatic nitrogens is 2. The van der Waals surface area contributed by atoms with Crippen LogP contribution in [0, 0.1) is 5.92 Å². The van der Waals surface area contributed by atoms with Gasteiger partial charge >= 0.3 is 0 Å². The summed E-state index contributed by atoms with van der Waals surface area (Å²) in [5, 5.41) is 3.52. The quantitative estimate of drug-likeness (QED) is 0.395. The number of imidazole rings is 1. The van der Waals surface area contributed by atoms with Gasteiger partial charge in [0.1, 0.15) is 5.65 Å². The molecule has 0 aliphatic carbocycles. The molecule has 146 valence electrons. The van der Waals surface area contributed by atoms with Crippen LogP contribution in [0.4, 0.5) is 0 Å². The standard InChI is InChI=1S/C22H27N5S/c1-23-22(24-12-10-19-16-26-13-6-5-9-21(26)25-19)27-14-11-18(15-27)17-28-20-7-3-2-4-8-20/h2-9,13,16,18H,10-12,14-15,17H2,1H3,(H,23,24). The summed E-state index contributed by atoms with van der Waals surface area (Å²) in [6, 6.07) is 16.8. The lowest BCUT2D eigenvalue weighted by Gasteiger charge is -2.21. The largest absolute Gasteiger partial charge is 0.356 e. The highest BCUT2D eigenvalue weighted by Gasteiger charge is 2.24. The van der Waals surface area contributed by atoms with E-state index in [2.05, 4.69) is 61.1 Å². The Labute approximate surface area is 170 Å². The molecule has 1 aliphatic heterocycles. The van der Waals surface area contributed by atoms with Gasteiger partial charge in [0.05, 0.1) is 5.69 Å². The van der Waals surface area contributed by atoms with Gasteiger partial charge in [-0.15, -0.1) is 11.8 Å². The molecule has 28 heavy (non-hydrogen) atoms. The molecule has 3 aromatic rings. The van der Waals surface area contributed by atoms with E-state index in [1.165, 1.54) is 17.1 Å². The smallest absolute Gasteiger partial charge is 0.193 e. The van der Waals surface area contributed by atoms with Crippen molar-refractivity contribution in [2.45, 2.75) is 17.7 Å². The molecule has 4 rings (SSSR count). The third kappa shape index (κ3) is 4.68. The van der Waals surface area contributed by atoms with Gasteiger partial charge in [0.15, 0.2) is 5.96 Å². The number of likely N-dealkylation sites (tertiary alicyclic amines) is 1. The van der Waals surface area contributed by atoms with Crippen LogP contribution < -0.4 is 5.32 Å². The van der Waals surface area contributed by atoms with E-state index in [4.69, 9.17) is 0 Å². The number of hydrogen-bond donors (Lipinski definition) is 1. The maximum absolute atomic E-state index is 4.66. The predicted octanol–water partition coefficient (Wildman–Crippen LogP) is 3.57. The number of nitrogens with zero attached hydrogens (tertiary/aromatic N) is 4. The van der Waals surface area contributed by atoms with E-state index >= 15 is 0 Å². The summed E-state index contributed by atoms with van der Waals surface area (Å²) in [5.41, 5.74) is 2.10. The first kappa shape index (κ1) is 18.9. The van der Waals surface area contributed by atoms with Crippen molar-refractivity contribution in [2.75, 3.05) is 32.4 Å². The van der Waals surface area contributed by atoms with Crippen molar-refractivity contribution in [3.05, 3.63) is 66.6 Å². The summed E-state index contributed by atoms with van der Waals surface area (Å²) >= 11 is 1.96. The van der Waals surface area contributed by atoms with Crippen molar-refractivity contribution in [1.29, 1.82) is 0 Å². The van der Waals surface area contributed by atoms with E-state index in [1.54, 1.807) is 0 Å². The number of guanidine groups is 1. The number of nitrogens with one attached hydrogen (secondary N) is 1. The lowest BCUT2D eigenvalue weighted by Crippen LogP contribution is -2.41. The third-order valence-corrected chi connectivity index (χ3v) is 6.35. The van der Waals surface area contributed by atoms with Crippen LogP contribution in [0.1, 0.15) is 12.1 Å². The minimum atomic E-state index is 0.710. The van der Waals surface area contributed by atoms with Gasteiger partial charge in [-0.3, -0.25) is 4.99 Å². The van der Waals surface area contributed by atoms with Gasteiger partial charge in [-0.2, -0.15) is 0 Å². The van der Waals surface area contributed by atoms with E-state index in [-0.39, 0.29) is 0 Å². The molecule has 1 fully saturated rings. The van der Waals surface area contributed by atoms with Gasteiger partial charge in [0.2, 0.25) is 0 Å². The monoisotopic (exact) mass is 393 g/mol. The molecule has 0 saturated carbocycles. The number of hydrogen-bond acceptors (Lipinski definition) is 3. The predicted molar refractivity (Wildman–Crippen MR) is 117 cm³/mol. The number of benzene rings is 1. The molecule has 0 amide bonds. The first-order valence-corrected chi connectivity index (χ1v) is 10.9. The maximum atomic E-state index is 4.66. The second kappa shape index (κ2) is 9.15. The highest BCUT2D eigenvalue weighted by Crippen LogP contribution is 2.25. The second-order valence-corrected chi connectivity index (χ2v) is 8.24. The van der Waals surface area contributed by atoms with E-state index in [0.29, 0.717) is 5.92 Å². The summed E-state index contributed by atoms with van der Waals surface area (Å²) in [6.07, 6.45) is 6.26. The lowest BCUT2D eigenvalue weighted by molar-refractivity contribution is 0.475. The summed E-state index contributed by atoms with van der Waals surface area (Å²) in [6.45, 7) is 3.00. The van der Waals surface area contributed by atoms with Crippen molar-refractivity contribution in [2.24, 2.45) is 10.9 Å². The van der Waals surface area contributed by atoms with Crippen molar-refractivity contribution in [3.63, 3.8) is 0 Å². The lowest BCUT2D eigenvalue weighted by atomic mass is 10.2. The molecule has 1 aromatic carbocycles. The fourth-order valence-electron chi connectivity index (χ4n) is 3.63. The number of aliphatic imine (C=N–C) groups is 1. The normalized spacial score (nSPS) is 17.4. The Morgan fingerprint density at radius 1 is 1.21 bits per heavy atom. The topological polar surface area (TPSA) is 44.9 Å². The molecule has 0 spiro atoms. The van der Waals surface area contributed by atoms with Crippen molar-refractivity contribution < 1.29 is 0 Å². The first-order chi connectivity index (χ1) is 13.8. The number of pyridine rings is 1. The van der Waals surface area contributed by atoms with Gasteiger partial charge in [0, 0.05) is 56.1 Å². The molecule has 1 saturated heterocycles. The minimum absolute atomic E-state index is 0.710. The Bertz CT molecular complexity index is 888. The van der Waals surface area contributed by atoms with E-state index in [0.717, 1.165) is 43.4 Å².